The molecule has 1 fully saturated rings. The number of rotatable bonds is 12. The summed E-state index contributed by atoms with van der Waals surface area (Å²) in [4.78, 5) is 4.23. The molecule has 2 rings (SSSR count). The highest BCUT2D eigenvalue weighted by Crippen LogP contribution is 2.28. The Kier molecular flexibility index (Phi) is 9.21. The van der Waals surface area contributed by atoms with Crippen molar-refractivity contribution in [1.82, 2.24) is 15.4 Å². The van der Waals surface area contributed by atoms with Crippen LogP contribution >= 0.6 is 0 Å². The van der Waals surface area contributed by atoms with Gasteiger partial charge in [-0.05, 0) is 50.2 Å². The molecule has 0 amide bonds. The molecule has 0 spiro atoms. The van der Waals surface area contributed by atoms with Crippen molar-refractivity contribution in [2.45, 2.75) is 51.4 Å². The largest absolute Gasteiger partial charge is 0.381 e. The Morgan fingerprint density at radius 2 is 1.93 bits per heavy atom. The van der Waals surface area contributed by atoms with Gasteiger partial charge in [0.05, 0.1) is 5.75 Å². The molecule has 1 aromatic carbocycles. The third kappa shape index (κ3) is 9.03. The van der Waals surface area contributed by atoms with Crippen molar-refractivity contribution in [2.24, 2.45) is 10.9 Å². The van der Waals surface area contributed by atoms with Gasteiger partial charge in [-0.3, -0.25) is 4.99 Å². The average Bonchev–Trinajstić information content (AvgIpc) is 3.44. The smallest absolute Gasteiger partial charge is 0.216 e. The van der Waals surface area contributed by atoms with Crippen molar-refractivity contribution in [1.29, 1.82) is 0 Å². The normalized spacial score (nSPS) is 15.1. The van der Waals surface area contributed by atoms with E-state index in [1.54, 1.807) is 7.05 Å². The van der Waals surface area contributed by atoms with Crippen LogP contribution in [-0.2, 0) is 27.1 Å². The molecule has 0 aliphatic heterocycles. The lowest BCUT2D eigenvalue weighted by molar-refractivity contribution is 0.123. The first-order valence-corrected chi connectivity index (χ1v) is 11.6. The van der Waals surface area contributed by atoms with Crippen LogP contribution in [0.15, 0.2) is 29.3 Å². The molecule has 0 bridgehead atoms. The predicted molar refractivity (Wildman–Crippen MR) is 114 cm³/mol. The highest BCUT2D eigenvalue weighted by atomic mass is 32.2. The second-order valence-electron chi connectivity index (χ2n) is 7.52. The molecule has 0 aromatic heterocycles. The van der Waals surface area contributed by atoms with E-state index in [1.165, 1.54) is 12.8 Å². The molecular weight excluding hydrogens is 376 g/mol. The monoisotopic (exact) mass is 410 g/mol. The van der Waals surface area contributed by atoms with Crippen molar-refractivity contribution < 1.29 is 13.2 Å². The van der Waals surface area contributed by atoms with Crippen LogP contribution in [0, 0.1) is 5.92 Å². The number of sulfonamides is 1. The van der Waals surface area contributed by atoms with Gasteiger partial charge in [0.15, 0.2) is 5.96 Å². The van der Waals surface area contributed by atoms with Crippen LogP contribution in [-0.4, -0.2) is 47.2 Å². The van der Waals surface area contributed by atoms with E-state index in [9.17, 15) is 8.42 Å². The van der Waals surface area contributed by atoms with E-state index in [2.05, 4.69) is 20.3 Å². The summed E-state index contributed by atoms with van der Waals surface area (Å²) in [6, 6.07) is 7.44. The van der Waals surface area contributed by atoms with Gasteiger partial charge in [-0.2, -0.15) is 0 Å². The van der Waals surface area contributed by atoms with Crippen LogP contribution in [0.3, 0.4) is 0 Å². The van der Waals surface area contributed by atoms with E-state index >= 15 is 0 Å². The topological polar surface area (TPSA) is 91.8 Å². The number of benzene rings is 1. The van der Waals surface area contributed by atoms with Gasteiger partial charge in [0.1, 0.15) is 0 Å². The van der Waals surface area contributed by atoms with Crippen LogP contribution in [0.25, 0.3) is 0 Å². The van der Waals surface area contributed by atoms with Crippen LogP contribution in [0.4, 0.5) is 0 Å². The van der Waals surface area contributed by atoms with Crippen molar-refractivity contribution in [3.63, 3.8) is 0 Å². The summed E-state index contributed by atoms with van der Waals surface area (Å²) in [5.74, 6) is 1.45. The number of nitrogens with one attached hydrogen (secondary N) is 3. The van der Waals surface area contributed by atoms with Crippen LogP contribution < -0.4 is 15.4 Å². The fourth-order valence-electron chi connectivity index (χ4n) is 2.79. The van der Waals surface area contributed by atoms with E-state index < -0.39 is 10.0 Å². The first-order chi connectivity index (χ1) is 13.4. The molecule has 28 heavy (non-hydrogen) atoms. The van der Waals surface area contributed by atoms with E-state index in [0.29, 0.717) is 12.5 Å². The van der Waals surface area contributed by atoms with Crippen molar-refractivity contribution >= 4 is 16.0 Å². The maximum absolute atomic E-state index is 12.3. The fourth-order valence-corrected chi connectivity index (χ4v) is 4.28. The standard InChI is InChI=1S/C20H34N4O3S/c1-16(2)24-28(25,26)15-19-8-5-4-7-18(19)13-23-20(21-3)22-11-6-12-27-14-17-9-10-17/h4-5,7-8,16-17,24H,6,9-15H2,1-3H3,(H2,21,22,23). The Hall–Kier alpha value is -1.64. The summed E-state index contributed by atoms with van der Waals surface area (Å²) >= 11 is 0. The third-order valence-electron chi connectivity index (χ3n) is 4.36. The van der Waals surface area contributed by atoms with Gasteiger partial charge >= 0.3 is 0 Å². The molecule has 0 saturated heterocycles. The zero-order chi connectivity index (χ0) is 20.4. The van der Waals surface area contributed by atoms with E-state index in [1.807, 2.05) is 38.1 Å². The molecule has 1 saturated carbocycles. The zero-order valence-electron chi connectivity index (χ0n) is 17.2. The number of aliphatic imine (C=N–C) groups is 1. The first kappa shape index (κ1) is 22.6. The van der Waals surface area contributed by atoms with Crippen molar-refractivity contribution in [3.8, 4) is 0 Å². The van der Waals surface area contributed by atoms with E-state index in [-0.39, 0.29) is 11.8 Å². The summed E-state index contributed by atoms with van der Waals surface area (Å²) in [5.41, 5.74) is 1.72. The van der Waals surface area contributed by atoms with Gasteiger partial charge in [0, 0.05) is 39.4 Å². The summed E-state index contributed by atoms with van der Waals surface area (Å²) in [6.45, 7) is 6.56. The number of guanidine groups is 1. The van der Waals surface area contributed by atoms with Crippen LogP contribution in [0.5, 0.6) is 0 Å². The SMILES string of the molecule is CN=C(NCCCOCC1CC1)NCc1ccccc1CS(=O)(=O)NC(C)C. The molecule has 1 aromatic rings. The van der Waals surface area contributed by atoms with Crippen LogP contribution in [0.2, 0.25) is 0 Å². The van der Waals surface area contributed by atoms with Crippen molar-refractivity contribution in [2.75, 3.05) is 26.8 Å². The minimum absolute atomic E-state index is 0.0343. The summed E-state index contributed by atoms with van der Waals surface area (Å²) in [5, 5.41) is 6.52. The first-order valence-electron chi connectivity index (χ1n) is 9.98. The molecule has 7 nitrogen and oxygen atoms in total. The number of hydrogen-bond donors (Lipinski definition) is 3. The summed E-state index contributed by atoms with van der Waals surface area (Å²) < 4.78 is 32.8. The average molecular weight is 411 g/mol. The van der Waals surface area contributed by atoms with Gasteiger partial charge in [-0.1, -0.05) is 24.3 Å². The minimum atomic E-state index is -3.36. The number of hydrogen-bond acceptors (Lipinski definition) is 4. The molecular formula is C20H34N4O3S. The quantitative estimate of drug-likeness (QED) is 0.278. The van der Waals surface area contributed by atoms with E-state index in [4.69, 9.17) is 4.74 Å². The summed E-state index contributed by atoms with van der Waals surface area (Å²) in [6.07, 6.45) is 3.54. The molecule has 0 atom stereocenters. The van der Waals surface area contributed by atoms with Gasteiger partial charge in [0.25, 0.3) is 0 Å². The molecule has 0 heterocycles. The Morgan fingerprint density at radius 1 is 1.21 bits per heavy atom. The molecule has 8 heteroatoms. The number of nitrogens with zero attached hydrogens (tertiary/aromatic N) is 1. The maximum Gasteiger partial charge on any atom is 0.216 e. The predicted octanol–water partition coefficient (Wildman–Crippen LogP) is 2.00. The minimum Gasteiger partial charge on any atom is -0.381 e. The highest BCUT2D eigenvalue weighted by Gasteiger charge is 2.20. The molecule has 1 aliphatic rings. The second-order valence-corrected chi connectivity index (χ2v) is 9.28. The number of ether oxygens (including phenoxy) is 1. The van der Waals surface area contributed by atoms with Crippen molar-refractivity contribution in [3.05, 3.63) is 35.4 Å². The third-order valence-corrected chi connectivity index (χ3v) is 5.88. The lowest BCUT2D eigenvalue weighted by Crippen LogP contribution is -2.38. The zero-order valence-corrected chi connectivity index (χ0v) is 18.0. The molecule has 0 radical (unpaired) electrons. The van der Waals surface area contributed by atoms with Crippen LogP contribution in [0.1, 0.15) is 44.2 Å². The molecule has 158 valence electrons. The lowest BCUT2D eigenvalue weighted by atomic mass is 10.1. The van der Waals surface area contributed by atoms with Gasteiger partial charge in [-0.25, -0.2) is 13.1 Å². The fraction of sp³-hybridized carbons (Fsp3) is 0.650. The van der Waals surface area contributed by atoms with E-state index in [0.717, 1.165) is 43.2 Å². The van der Waals surface area contributed by atoms with Gasteiger partial charge in [0.2, 0.25) is 10.0 Å². The summed E-state index contributed by atoms with van der Waals surface area (Å²) in [7, 11) is -1.64. The Bertz CT molecular complexity index is 731. The molecule has 3 N–H and O–H groups in total. The molecule has 1 aliphatic carbocycles. The lowest BCUT2D eigenvalue weighted by Gasteiger charge is -2.15. The Labute approximate surface area is 169 Å². The van der Waals surface area contributed by atoms with Gasteiger partial charge < -0.3 is 15.4 Å². The maximum atomic E-state index is 12.3. The van der Waals surface area contributed by atoms with Gasteiger partial charge in [-0.15, -0.1) is 0 Å². The Balaban J connectivity index is 1.78. The second kappa shape index (κ2) is 11.4. The highest BCUT2D eigenvalue weighted by molar-refractivity contribution is 7.88. The molecule has 0 unspecified atom stereocenters. The Morgan fingerprint density at radius 3 is 2.57 bits per heavy atom.